The fourth-order valence-corrected chi connectivity index (χ4v) is 2.43. The molecule has 0 radical (unpaired) electrons. The Hall–Kier alpha value is -1.18. The Balaban J connectivity index is 2.04. The van der Waals surface area contributed by atoms with Gasteiger partial charge in [0, 0.05) is 11.6 Å². The zero-order chi connectivity index (χ0) is 14.8. The summed E-state index contributed by atoms with van der Waals surface area (Å²) in [5.74, 6) is 0. The Morgan fingerprint density at radius 3 is 2.15 bits per heavy atom. The fraction of sp³-hybridized carbons (Fsp3) is 0.294. The van der Waals surface area contributed by atoms with Crippen molar-refractivity contribution in [1.82, 2.24) is 0 Å². The van der Waals surface area contributed by atoms with Crippen LogP contribution in [0.3, 0.4) is 0 Å². The number of halogens is 2. The predicted molar refractivity (Wildman–Crippen MR) is 88.9 cm³/mol. The van der Waals surface area contributed by atoms with Crippen LogP contribution < -0.4 is 5.32 Å². The van der Waals surface area contributed by atoms with Crippen LogP contribution in [0.1, 0.15) is 31.9 Å². The molecule has 0 heterocycles. The van der Waals surface area contributed by atoms with Crippen LogP contribution in [-0.2, 0) is 12.0 Å². The molecule has 0 saturated carbocycles. The summed E-state index contributed by atoms with van der Waals surface area (Å²) < 4.78 is 0. The standard InChI is InChI=1S/C17H19Cl2N/c1-17(2,3)13-6-4-12(5-7-13)11-20-16-9-8-14(18)10-15(16)19/h4-10,20H,11H2,1-3H3. The van der Waals surface area contributed by atoms with Crippen molar-refractivity contribution < 1.29 is 0 Å². The molecule has 0 fully saturated rings. The molecule has 0 saturated heterocycles. The van der Waals surface area contributed by atoms with Gasteiger partial charge in [-0.1, -0.05) is 68.2 Å². The lowest BCUT2D eigenvalue weighted by Gasteiger charge is -2.19. The first-order valence-electron chi connectivity index (χ1n) is 6.64. The zero-order valence-electron chi connectivity index (χ0n) is 12.0. The summed E-state index contributed by atoms with van der Waals surface area (Å²) in [6.07, 6.45) is 0. The van der Waals surface area contributed by atoms with Gasteiger partial charge in [-0.15, -0.1) is 0 Å². The SMILES string of the molecule is CC(C)(C)c1ccc(CNc2ccc(Cl)cc2Cl)cc1. The average molecular weight is 308 g/mol. The summed E-state index contributed by atoms with van der Waals surface area (Å²) in [6.45, 7) is 7.39. The number of rotatable bonds is 3. The third-order valence-corrected chi connectivity index (χ3v) is 3.78. The maximum Gasteiger partial charge on any atom is 0.0652 e. The van der Waals surface area contributed by atoms with E-state index in [1.54, 1.807) is 6.07 Å². The van der Waals surface area contributed by atoms with Gasteiger partial charge in [-0.3, -0.25) is 0 Å². The molecule has 0 aliphatic carbocycles. The Morgan fingerprint density at radius 2 is 1.60 bits per heavy atom. The van der Waals surface area contributed by atoms with Crippen molar-refractivity contribution >= 4 is 28.9 Å². The minimum atomic E-state index is 0.186. The molecule has 2 rings (SSSR count). The van der Waals surface area contributed by atoms with Crippen molar-refractivity contribution in [3.05, 3.63) is 63.6 Å². The van der Waals surface area contributed by atoms with Crippen molar-refractivity contribution in [3.63, 3.8) is 0 Å². The molecule has 0 aromatic heterocycles. The van der Waals surface area contributed by atoms with Gasteiger partial charge < -0.3 is 5.32 Å². The van der Waals surface area contributed by atoms with E-state index in [1.807, 2.05) is 12.1 Å². The van der Waals surface area contributed by atoms with E-state index in [0.717, 1.165) is 12.2 Å². The van der Waals surface area contributed by atoms with Crippen LogP contribution in [0.2, 0.25) is 10.0 Å². The first-order valence-corrected chi connectivity index (χ1v) is 7.40. The first-order chi connectivity index (χ1) is 9.36. The second-order valence-electron chi connectivity index (χ2n) is 5.92. The van der Waals surface area contributed by atoms with Gasteiger partial charge in [-0.25, -0.2) is 0 Å². The highest BCUT2D eigenvalue weighted by molar-refractivity contribution is 6.36. The Bertz CT molecular complexity index is 583. The molecule has 20 heavy (non-hydrogen) atoms. The first kappa shape index (κ1) is 15.2. The predicted octanol–water partition coefficient (Wildman–Crippen LogP) is 5.90. The molecule has 0 bridgehead atoms. The van der Waals surface area contributed by atoms with Crippen molar-refractivity contribution in [2.45, 2.75) is 32.7 Å². The van der Waals surface area contributed by atoms with Crippen LogP contribution in [0.5, 0.6) is 0 Å². The minimum absolute atomic E-state index is 0.186. The minimum Gasteiger partial charge on any atom is -0.380 e. The van der Waals surface area contributed by atoms with Crippen LogP contribution in [0.25, 0.3) is 0 Å². The quantitative estimate of drug-likeness (QED) is 0.744. The fourth-order valence-electron chi connectivity index (χ4n) is 1.95. The maximum atomic E-state index is 6.13. The van der Waals surface area contributed by atoms with E-state index in [9.17, 15) is 0 Å². The lowest BCUT2D eigenvalue weighted by molar-refractivity contribution is 0.590. The molecule has 0 amide bonds. The highest BCUT2D eigenvalue weighted by Crippen LogP contribution is 2.26. The van der Waals surface area contributed by atoms with Gasteiger partial charge in [0.25, 0.3) is 0 Å². The van der Waals surface area contributed by atoms with Gasteiger partial charge in [0.15, 0.2) is 0 Å². The average Bonchev–Trinajstić information content (AvgIpc) is 2.37. The van der Waals surface area contributed by atoms with Gasteiger partial charge in [0.2, 0.25) is 0 Å². The van der Waals surface area contributed by atoms with Gasteiger partial charge in [-0.2, -0.15) is 0 Å². The van der Waals surface area contributed by atoms with Crippen molar-refractivity contribution in [3.8, 4) is 0 Å². The molecule has 0 unspecified atom stereocenters. The van der Waals surface area contributed by atoms with E-state index in [2.05, 4.69) is 50.4 Å². The molecule has 1 nitrogen and oxygen atoms in total. The van der Waals surface area contributed by atoms with Crippen LogP contribution in [0.4, 0.5) is 5.69 Å². The number of nitrogens with one attached hydrogen (secondary N) is 1. The second kappa shape index (κ2) is 6.07. The lowest BCUT2D eigenvalue weighted by atomic mass is 9.87. The van der Waals surface area contributed by atoms with E-state index >= 15 is 0 Å². The van der Waals surface area contributed by atoms with Gasteiger partial charge in [-0.05, 0) is 34.7 Å². The zero-order valence-corrected chi connectivity index (χ0v) is 13.5. The molecule has 0 aliphatic heterocycles. The summed E-state index contributed by atoms with van der Waals surface area (Å²) in [7, 11) is 0. The molecule has 2 aromatic rings. The van der Waals surface area contributed by atoms with Crippen LogP contribution in [-0.4, -0.2) is 0 Å². The number of hydrogen-bond acceptors (Lipinski definition) is 1. The normalized spacial score (nSPS) is 11.4. The molecule has 2 aromatic carbocycles. The van der Waals surface area contributed by atoms with Crippen molar-refractivity contribution in [1.29, 1.82) is 0 Å². The van der Waals surface area contributed by atoms with Crippen LogP contribution in [0.15, 0.2) is 42.5 Å². The monoisotopic (exact) mass is 307 g/mol. The summed E-state index contributed by atoms with van der Waals surface area (Å²) in [6, 6.07) is 14.1. The molecule has 106 valence electrons. The largest absolute Gasteiger partial charge is 0.380 e. The van der Waals surface area contributed by atoms with Gasteiger partial charge >= 0.3 is 0 Å². The van der Waals surface area contributed by atoms with E-state index in [1.165, 1.54) is 11.1 Å². The van der Waals surface area contributed by atoms with Crippen LogP contribution >= 0.6 is 23.2 Å². The van der Waals surface area contributed by atoms with E-state index in [0.29, 0.717) is 10.0 Å². The molecule has 1 N–H and O–H groups in total. The van der Waals surface area contributed by atoms with Crippen LogP contribution in [0, 0.1) is 0 Å². The number of hydrogen-bond donors (Lipinski definition) is 1. The topological polar surface area (TPSA) is 12.0 Å². The highest BCUT2D eigenvalue weighted by Gasteiger charge is 2.12. The highest BCUT2D eigenvalue weighted by atomic mass is 35.5. The Morgan fingerprint density at radius 1 is 0.950 bits per heavy atom. The van der Waals surface area contributed by atoms with E-state index in [-0.39, 0.29) is 5.41 Å². The number of benzene rings is 2. The molecule has 3 heteroatoms. The lowest BCUT2D eigenvalue weighted by Crippen LogP contribution is -2.11. The smallest absolute Gasteiger partial charge is 0.0652 e. The Kier molecular flexibility index (Phi) is 4.62. The third kappa shape index (κ3) is 3.91. The summed E-state index contributed by atoms with van der Waals surface area (Å²) >= 11 is 12.0. The molecular formula is C17H19Cl2N. The summed E-state index contributed by atoms with van der Waals surface area (Å²) in [4.78, 5) is 0. The molecule has 0 atom stereocenters. The van der Waals surface area contributed by atoms with Gasteiger partial charge in [0.1, 0.15) is 0 Å². The molecular weight excluding hydrogens is 289 g/mol. The summed E-state index contributed by atoms with van der Waals surface area (Å²) in [5, 5.41) is 4.61. The summed E-state index contributed by atoms with van der Waals surface area (Å²) in [5.41, 5.74) is 3.65. The molecule has 0 spiro atoms. The van der Waals surface area contributed by atoms with Crippen molar-refractivity contribution in [2.75, 3.05) is 5.32 Å². The van der Waals surface area contributed by atoms with Gasteiger partial charge in [0.05, 0.1) is 10.7 Å². The van der Waals surface area contributed by atoms with E-state index < -0.39 is 0 Å². The third-order valence-electron chi connectivity index (χ3n) is 3.23. The second-order valence-corrected chi connectivity index (χ2v) is 6.77. The maximum absolute atomic E-state index is 6.13. The van der Waals surface area contributed by atoms with E-state index in [4.69, 9.17) is 23.2 Å². The van der Waals surface area contributed by atoms with Crippen molar-refractivity contribution in [2.24, 2.45) is 0 Å². The Labute approximate surface area is 130 Å². The molecule has 0 aliphatic rings. The number of anilines is 1.